The van der Waals surface area contributed by atoms with Crippen LogP contribution in [0.2, 0.25) is 0 Å². The maximum absolute atomic E-state index is 12.5. The Morgan fingerprint density at radius 3 is 2.43 bits per heavy atom. The van der Waals surface area contributed by atoms with Crippen LogP contribution in [0.3, 0.4) is 0 Å². The van der Waals surface area contributed by atoms with E-state index >= 15 is 0 Å². The van der Waals surface area contributed by atoms with Crippen LogP contribution in [0.25, 0.3) is 21.2 Å². The number of benzene rings is 1. The van der Waals surface area contributed by atoms with Crippen LogP contribution < -0.4 is 5.73 Å². The second-order valence-corrected chi connectivity index (χ2v) is 5.27. The van der Waals surface area contributed by atoms with Crippen LogP contribution in [0.1, 0.15) is 5.56 Å². The highest BCUT2D eigenvalue weighted by Gasteiger charge is 2.30. The van der Waals surface area contributed by atoms with Gasteiger partial charge in [0, 0.05) is 4.88 Å². The van der Waals surface area contributed by atoms with Gasteiger partial charge in [-0.2, -0.15) is 13.2 Å². The number of anilines is 1. The number of alkyl halides is 3. The molecular weight excluding hydrogens is 303 g/mol. The van der Waals surface area contributed by atoms with Gasteiger partial charge in [-0.25, -0.2) is 0 Å². The average molecular weight is 311 g/mol. The molecule has 1 aromatic carbocycles. The SMILES string of the molecule is Nc1cc(-c2ccc(C(F)(F)F)cc2)sc1-c1nnco1. The second kappa shape index (κ2) is 4.88. The molecule has 0 aliphatic heterocycles. The fourth-order valence-electron chi connectivity index (χ4n) is 1.81. The van der Waals surface area contributed by atoms with E-state index in [0.717, 1.165) is 17.0 Å². The lowest BCUT2D eigenvalue weighted by atomic mass is 10.1. The molecule has 0 saturated carbocycles. The van der Waals surface area contributed by atoms with E-state index in [9.17, 15) is 13.2 Å². The minimum atomic E-state index is -4.35. The van der Waals surface area contributed by atoms with Gasteiger partial charge in [-0.1, -0.05) is 12.1 Å². The van der Waals surface area contributed by atoms with Crippen molar-refractivity contribution in [3.63, 3.8) is 0 Å². The number of thiophene rings is 1. The van der Waals surface area contributed by atoms with Crippen LogP contribution in [-0.2, 0) is 6.18 Å². The first kappa shape index (κ1) is 13.6. The molecule has 0 atom stereocenters. The summed E-state index contributed by atoms with van der Waals surface area (Å²) in [5.74, 6) is 0.288. The molecule has 2 N–H and O–H groups in total. The maximum atomic E-state index is 12.5. The van der Waals surface area contributed by atoms with Crippen molar-refractivity contribution >= 4 is 17.0 Å². The van der Waals surface area contributed by atoms with Gasteiger partial charge in [0.2, 0.25) is 6.39 Å². The van der Waals surface area contributed by atoms with E-state index < -0.39 is 11.7 Å². The van der Waals surface area contributed by atoms with Crippen molar-refractivity contribution < 1.29 is 17.6 Å². The largest absolute Gasteiger partial charge is 0.423 e. The Balaban J connectivity index is 1.96. The Kier molecular flexibility index (Phi) is 3.17. The molecule has 108 valence electrons. The smallest absolute Gasteiger partial charge is 0.416 e. The molecule has 4 nitrogen and oxygen atoms in total. The van der Waals surface area contributed by atoms with Gasteiger partial charge >= 0.3 is 6.18 Å². The van der Waals surface area contributed by atoms with Gasteiger partial charge in [-0.15, -0.1) is 21.5 Å². The molecule has 0 amide bonds. The lowest BCUT2D eigenvalue weighted by molar-refractivity contribution is -0.137. The van der Waals surface area contributed by atoms with Gasteiger partial charge in [0.15, 0.2) is 0 Å². The van der Waals surface area contributed by atoms with E-state index in [-0.39, 0.29) is 5.89 Å². The summed E-state index contributed by atoms with van der Waals surface area (Å²) in [4.78, 5) is 1.33. The Labute approximate surface area is 121 Å². The molecule has 21 heavy (non-hydrogen) atoms. The molecular formula is C13H8F3N3OS. The zero-order valence-corrected chi connectivity index (χ0v) is 11.2. The summed E-state index contributed by atoms with van der Waals surface area (Å²) in [6.07, 6.45) is -3.16. The molecule has 0 fully saturated rings. The normalized spacial score (nSPS) is 11.8. The van der Waals surface area contributed by atoms with E-state index in [0.29, 0.717) is 16.1 Å². The highest BCUT2D eigenvalue weighted by Crippen LogP contribution is 2.39. The minimum Gasteiger partial charge on any atom is -0.423 e. The van der Waals surface area contributed by atoms with Gasteiger partial charge in [-0.05, 0) is 23.8 Å². The average Bonchev–Trinajstić information content (AvgIpc) is 3.07. The van der Waals surface area contributed by atoms with Gasteiger partial charge in [0.1, 0.15) is 4.88 Å². The molecule has 2 aromatic heterocycles. The topological polar surface area (TPSA) is 64.9 Å². The summed E-state index contributed by atoms with van der Waals surface area (Å²) in [5.41, 5.74) is 6.27. The number of nitrogens with zero attached hydrogens (tertiary/aromatic N) is 2. The van der Waals surface area contributed by atoms with Gasteiger partial charge in [0.25, 0.3) is 5.89 Å². The zero-order chi connectivity index (χ0) is 15.0. The molecule has 8 heteroatoms. The van der Waals surface area contributed by atoms with E-state index in [1.54, 1.807) is 6.07 Å². The third kappa shape index (κ3) is 2.62. The fraction of sp³-hybridized carbons (Fsp3) is 0.0769. The molecule has 0 unspecified atom stereocenters. The van der Waals surface area contributed by atoms with E-state index in [2.05, 4.69) is 10.2 Å². The molecule has 0 radical (unpaired) electrons. The van der Waals surface area contributed by atoms with Crippen molar-refractivity contribution in [1.82, 2.24) is 10.2 Å². The predicted octanol–water partition coefficient (Wildman–Crippen LogP) is 4.07. The molecule has 0 aliphatic rings. The first-order valence-corrected chi connectivity index (χ1v) is 6.60. The third-order valence-corrected chi connectivity index (χ3v) is 4.00. The molecule has 0 spiro atoms. The lowest BCUT2D eigenvalue weighted by Gasteiger charge is -2.06. The standard InChI is InChI=1S/C13H8F3N3OS/c14-13(15,16)8-3-1-7(2-4-8)10-5-9(17)11(21-10)12-19-18-6-20-12/h1-6H,17H2. The van der Waals surface area contributed by atoms with Crippen LogP contribution in [0.5, 0.6) is 0 Å². The summed E-state index contributed by atoms with van der Waals surface area (Å²) in [5, 5.41) is 7.34. The van der Waals surface area contributed by atoms with Crippen molar-refractivity contribution in [3.8, 4) is 21.2 Å². The molecule has 0 aliphatic carbocycles. The molecule has 0 bridgehead atoms. The van der Waals surface area contributed by atoms with Gasteiger partial charge in [0.05, 0.1) is 11.3 Å². The zero-order valence-electron chi connectivity index (χ0n) is 10.4. The fourth-order valence-corrected chi connectivity index (χ4v) is 2.82. The summed E-state index contributed by atoms with van der Waals surface area (Å²) in [6, 6.07) is 6.57. The first-order valence-electron chi connectivity index (χ1n) is 5.78. The van der Waals surface area contributed by atoms with Crippen LogP contribution in [-0.4, -0.2) is 10.2 Å². The molecule has 3 aromatic rings. The van der Waals surface area contributed by atoms with Gasteiger partial charge in [-0.3, -0.25) is 0 Å². The van der Waals surface area contributed by atoms with Crippen molar-refractivity contribution in [2.24, 2.45) is 0 Å². The summed E-state index contributed by atoms with van der Waals surface area (Å²) >= 11 is 1.28. The van der Waals surface area contributed by atoms with Crippen molar-refractivity contribution in [3.05, 3.63) is 42.3 Å². The van der Waals surface area contributed by atoms with Crippen molar-refractivity contribution in [2.75, 3.05) is 5.73 Å². The van der Waals surface area contributed by atoms with E-state index in [1.807, 2.05) is 0 Å². The Bertz CT molecular complexity index is 748. The van der Waals surface area contributed by atoms with E-state index in [4.69, 9.17) is 10.2 Å². The highest BCUT2D eigenvalue weighted by atomic mass is 32.1. The number of hydrogen-bond acceptors (Lipinski definition) is 5. The number of aromatic nitrogens is 2. The molecule has 3 rings (SSSR count). The van der Waals surface area contributed by atoms with E-state index in [1.165, 1.54) is 29.9 Å². The minimum absolute atomic E-state index is 0.288. The van der Waals surface area contributed by atoms with Crippen LogP contribution in [0.15, 0.2) is 41.1 Å². The molecule has 0 saturated heterocycles. The summed E-state index contributed by atoms with van der Waals surface area (Å²) in [6.45, 7) is 0. The molecule has 2 heterocycles. The Morgan fingerprint density at radius 1 is 1.14 bits per heavy atom. The highest BCUT2D eigenvalue weighted by molar-refractivity contribution is 7.19. The number of halogens is 3. The summed E-state index contributed by atoms with van der Waals surface area (Å²) < 4.78 is 42.7. The number of nitrogens with two attached hydrogens (primary N) is 1. The Hall–Kier alpha value is -2.35. The van der Waals surface area contributed by atoms with Gasteiger partial charge < -0.3 is 10.2 Å². The Morgan fingerprint density at radius 2 is 1.86 bits per heavy atom. The number of rotatable bonds is 2. The monoisotopic (exact) mass is 311 g/mol. The quantitative estimate of drug-likeness (QED) is 0.775. The predicted molar refractivity (Wildman–Crippen MR) is 72.5 cm³/mol. The van der Waals surface area contributed by atoms with Crippen LogP contribution >= 0.6 is 11.3 Å². The van der Waals surface area contributed by atoms with Crippen molar-refractivity contribution in [2.45, 2.75) is 6.18 Å². The maximum Gasteiger partial charge on any atom is 0.416 e. The lowest BCUT2D eigenvalue weighted by Crippen LogP contribution is -2.03. The van der Waals surface area contributed by atoms with Crippen LogP contribution in [0, 0.1) is 0 Å². The first-order chi connectivity index (χ1) is 9.95. The van der Waals surface area contributed by atoms with Crippen molar-refractivity contribution in [1.29, 1.82) is 0 Å². The second-order valence-electron chi connectivity index (χ2n) is 4.21. The summed E-state index contributed by atoms with van der Waals surface area (Å²) in [7, 11) is 0. The number of hydrogen-bond donors (Lipinski definition) is 1. The van der Waals surface area contributed by atoms with Crippen LogP contribution in [0.4, 0.5) is 18.9 Å². The number of nitrogen functional groups attached to an aromatic ring is 1. The third-order valence-electron chi connectivity index (χ3n) is 2.81.